The highest BCUT2D eigenvalue weighted by molar-refractivity contribution is 5.83. The number of halogens is 4. The number of hydrogen-bond donors (Lipinski definition) is 5. The molecule has 5 N–H and O–H groups in total. The van der Waals surface area contributed by atoms with E-state index in [-0.39, 0.29) is 24.7 Å². The first-order valence-electron chi connectivity index (χ1n) is 9.83. The second-order valence-corrected chi connectivity index (χ2v) is 7.20. The van der Waals surface area contributed by atoms with Crippen LogP contribution in [-0.2, 0) is 22.3 Å². The van der Waals surface area contributed by atoms with Crippen molar-refractivity contribution in [2.75, 3.05) is 26.2 Å². The van der Waals surface area contributed by atoms with E-state index in [9.17, 15) is 27.2 Å². The number of aliphatic hydroxyl groups excluding tert-OH is 2. The Hall–Kier alpha value is -2.79. The van der Waals surface area contributed by atoms with E-state index in [1.807, 2.05) is 4.90 Å². The fraction of sp³-hybridized carbons (Fsp3) is 0.550. The molecule has 0 aromatic heterocycles. The number of aliphatic hydroxyl groups is 2. The maximum Gasteiger partial charge on any atom is 0.416 e. The van der Waals surface area contributed by atoms with Gasteiger partial charge in [-0.25, -0.2) is 20.6 Å². The second-order valence-electron chi connectivity index (χ2n) is 7.20. The minimum absolute atomic E-state index is 0.0578. The zero-order valence-electron chi connectivity index (χ0n) is 17.4. The van der Waals surface area contributed by atoms with Crippen LogP contribution in [0.3, 0.4) is 0 Å². The number of carboxylic acid groups (broad SMARTS) is 2. The highest BCUT2D eigenvalue weighted by Crippen LogP contribution is 2.33. The molecule has 1 aliphatic heterocycles. The average molecular weight is 479 g/mol. The predicted octanol–water partition coefficient (Wildman–Crippen LogP) is 1.20. The predicted molar refractivity (Wildman–Crippen MR) is 106 cm³/mol. The molecule has 9 nitrogen and oxygen atoms in total. The van der Waals surface area contributed by atoms with E-state index in [4.69, 9.17) is 27.0 Å². The Morgan fingerprint density at radius 2 is 1.70 bits per heavy atom. The number of aliphatic carboxylic acids is 2. The number of benzene rings is 1. The topological polar surface area (TPSA) is 135 Å². The zero-order valence-corrected chi connectivity index (χ0v) is 17.4. The quantitative estimate of drug-likeness (QED) is 0.277. The lowest BCUT2D eigenvalue weighted by atomic mass is 10.0. The van der Waals surface area contributed by atoms with Gasteiger partial charge in [0.15, 0.2) is 12.2 Å². The van der Waals surface area contributed by atoms with Crippen LogP contribution in [0.5, 0.6) is 0 Å². The van der Waals surface area contributed by atoms with Crippen LogP contribution in [0.2, 0.25) is 0 Å². The molecule has 184 valence electrons. The van der Waals surface area contributed by atoms with Crippen LogP contribution in [0.15, 0.2) is 18.2 Å². The zero-order chi connectivity index (χ0) is 25.2. The highest BCUT2D eigenvalue weighted by atomic mass is 19.4. The monoisotopic (exact) mass is 479 g/mol. The maximum atomic E-state index is 13.2. The largest absolute Gasteiger partial charge is 0.479 e. The molecule has 0 bridgehead atoms. The summed E-state index contributed by atoms with van der Waals surface area (Å²) in [5.41, 5.74) is -0.873. The Kier molecular flexibility index (Phi) is 11.2. The Morgan fingerprint density at radius 3 is 2.15 bits per heavy atom. The average Bonchev–Trinajstić information content (AvgIpc) is 2.76. The van der Waals surface area contributed by atoms with Crippen LogP contribution in [0.25, 0.3) is 4.85 Å². The van der Waals surface area contributed by atoms with E-state index < -0.39 is 41.7 Å². The minimum atomic E-state index is -4.59. The van der Waals surface area contributed by atoms with Crippen molar-refractivity contribution in [2.24, 2.45) is 0 Å². The third-order valence-electron chi connectivity index (χ3n) is 4.88. The number of nitrogens with zero attached hydrogens (tertiary/aromatic N) is 2. The van der Waals surface area contributed by atoms with Gasteiger partial charge in [0.1, 0.15) is 5.82 Å². The summed E-state index contributed by atoms with van der Waals surface area (Å²) >= 11 is 0. The van der Waals surface area contributed by atoms with E-state index >= 15 is 0 Å². The molecule has 0 radical (unpaired) electrons. The summed E-state index contributed by atoms with van der Waals surface area (Å²) in [7, 11) is 0. The van der Waals surface area contributed by atoms with Crippen molar-refractivity contribution >= 4 is 11.9 Å². The van der Waals surface area contributed by atoms with Crippen molar-refractivity contribution < 1.29 is 47.6 Å². The number of rotatable bonds is 8. The summed E-state index contributed by atoms with van der Waals surface area (Å²) < 4.78 is 52.6. The van der Waals surface area contributed by atoms with E-state index in [1.165, 1.54) is 6.07 Å². The third-order valence-corrected chi connectivity index (χ3v) is 4.88. The molecule has 1 aromatic carbocycles. The molecular weight excluding hydrogens is 454 g/mol. The van der Waals surface area contributed by atoms with E-state index in [2.05, 4.69) is 10.2 Å². The highest BCUT2D eigenvalue weighted by Gasteiger charge is 2.35. The smallest absolute Gasteiger partial charge is 0.416 e. The van der Waals surface area contributed by atoms with Crippen molar-refractivity contribution in [3.8, 4) is 0 Å². The molecule has 13 heteroatoms. The van der Waals surface area contributed by atoms with Crippen LogP contribution < -0.4 is 5.32 Å². The Morgan fingerprint density at radius 1 is 1.15 bits per heavy atom. The molecular formula is C20H25F4N3O6. The van der Waals surface area contributed by atoms with Crippen molar-refractivity contribution in [1.82, 2.24) is 10.2 Å². The Labute approximate surface area is 187 Å². The molecule has 2 rings (SSSR count). The molecule has 0 spiro atoms. The van der Waals surface area contributed by atoms with Gasteiger partial charge in [0.2, 0.25) is 6.54 Å². The minimum Gasteiger partial charge on any atom is -0.479 e. The first-order valence-corrected chi connectivity index (χ1v) is 9.83. The first-order chi connectivity index (χ1) is 15.4. The summed E-state index contributed by atoms with van der Waals surface area (Å²) in [6, 6.07) is 2.94. The van der Waals surface area contributed by atoms with Crippen LogP contribution in [0.1, 0.15) is 24.0 Å². The van der Waals surface area contributed by atoms with Crippen LogP contribution in [-0.4, -0.2) is 81.7 Å². The summed E-state index contributed by atoms with van der Waals surface area (Å²) in [5.74, 6) is -4.43. The first kappa shape index (κ1) is 28.2. The molecule has 1 fully saturated rings. The molecule has 0 saturated carbocycles. The van der Waals surface area contributed by atoms with Crippen molar-refractivity contribution in [3.63, 3.8) is 0 Å². The van der Waals surface area contributed by atoms with Gasteiger partial charge in [0, 0.05) is 12.6 Å². The number of nitrogens with one attached hydrogen (secondary N) is 1. The lowest BCUT2D eigenvalue weighted by Crippen LogP contribution is -2.44. The second kappa shape index (κ2) is 13.0. The molecule has 33 heavy (non-hydrogen) atoms. The number of piperidine rings is 1. The van der Waals surface area contributed by atoms with E-state index in [0.29, 0.717) is 12.6 Å². The van der Waals surface area contributed by atoms with Crippen molar-refractivity contribution in [3.05, 3.63) is 46.6 Å². The van der Waals surface area contributed by atoms with Gasteiger partial charge in [-0.1, -0.05) is 6.07 Å². The molecule has 0 amide bonds. The molecule has 1 aromatic rings. The standard InChI is InChI=1S/C16H19F4N3.C4H6O6/c1-21-8-9-23(14-4-6-22-7-5-14)11-12-2-3-13(17)10-15(12)16(18,19)20;5-1(3(7)8)2(6)4(9)10/h2-3,10,14,22H,4-9,11H2;1-2,5-6H,(H,7,8)(H,9,10)/t;1-,2-/m.1/s1. The third kappa shape index (κ3) is 9.30. The van der Waals surface area contributed by atoms with Gasteiger partial charge in [-0.3, -0.25) is 4.90 Å². The maximum absolute atomic E-state index is 13.2. The molecule has 1 heterocycles. The summed E-state index contributed by atoms with van der Waals surface area (Å²) in [5, 5.41) is 35.7. The Bertz CT molecular complexity index is 822. The van der Waals surface area contributed by atoms with Gasteiger partial charge in [-0.05, 0) is 43.6 Å². The lowest BCUT2D eigenvalue weighted by molar-refractivity contribution is -0.165. The molecule has 1 aliphatic rings. The van der Waals surface area contributed by atoms with Gasteiger partial charge < -0.3 is 30.6 Å². The number of carbonyl (C=O) groups is 2. The summed E-state index contributed by atoms with van der Waals surface area (Å²) in [6.45, 7) is 9.28. The van der Waals surface area contributed by atoms with Gasteiger partial charge in [-0.15, -0.1) is 0 Å². The van der Waals surface area contributed by atoms with Crippen molar-refractivity contribution in [1.29, 1.82) is 0 Å². The van der Waals surface area contributed by atoms with Gasteiger partial charge in [0.25, 0.3) is 0 Å². The van der Waals surface area contributed by atoms with Crippen LogP contribution in [0.4, 0.5) is 17.6 Å². The summed E-state index contributed by atoms with van der Waals surface area (Å²) in [4.78, 5) is 24.8. The van der Waals surface area contributed by atoms with Gasteiger partial charge in [0.05, 0.1) is 12.1 Å². The lowest BCUT2D eigenvalue weighted by Gasteiger charge is -2.34. The van der Waals surface area contributed by atoms with Gasteiger partial charge >= 0.3 is 18.1 Å². The van der Waals surface area contributed by atoms with Crippen molar-refractivity contribution in [2.45, 2.75) is 43.8 Å². The fourth-order valence-corrected chi connectivity index (χ4v) is 3.18. The van der Waals surface area contributed by atoms with Crippen LogP contribution >= 0.6 is 0 Å². The van der Waals surface area contributed by atoms with Gasteiger partial charge in [-0.2, -0.15) is 13.2 Å². The van der Waals surface area contributed by atoms with Crippen LogP contribution in [0, 0.1) is 12.4 Å². The number of hydrogen-bond acceptors (Lipinski definition) is 6. The molecule has 2 atom stereocenters. The Balaban J connectivity index is 0.000000461. The normalized spacial score (nSPS) is 16.3. The van der Waals surface area contributed by atoms with E-state index in [0.717, 1.165) is 32.0 Å². The molecule has 1 saturated heterocycles. The molecule has 0 unspecified atom stereocenters. The molecule has 0 aliphatic carbocycles. The summed E-state index contributed by atoms with van der Waals surface area (Å²) in [6.07, 6.45) is -7.45. The fourth-order valence-electron chi connectivity index (χ4n) is 3.18. The van der Waals surface area contributed by atoms with E-state index in [1.54, 1.807) is 0 Å². The number of carboxylic acids is 2. The SMILES string of the molecule is O=C(O)[C@H](O)[C@@H](O)C(=O)O.[C-]#[N+]CCN(Cc1ccc(F)cc1C(F)(F)F)C1CCNCC1. The number of alkyl halides is 3.